The number of hydrogen-bond donors (Lipinski definition) is 0. The SMILES string of the molecule is CCS(=O)(=O)c1ccc(S(=O)(=O)N2CCN(c3cccc(Cl)c3)CC2)cc1. The maximum absolute atomic E-state index is 12.9. The van der Waals surface area contributed by atoms with Crippen LogP contribution >= 0.6 is 11.6 Å². The van der Waals surface area contributed by atoms with Crippen LogP contribution < -0.4 is 4.90 Å². The van der Waals surface area contributed by atoms with Gasteiger partial charge in [0.2, 0.25) is 10.0 Å². The van der Waals surface area contributed by atoms with E-state index in [1.165, 1.54) is 28.6 Å². The van der Waals surface area contributed by atoms with Crippen molar-refractivity contribution in [2.75, 3.05) is 36.8 Å². The summed E-state index contributed by atoms with van der Waals surface area (Å²) in [5, 5.41) is 0.643. The predicted octanol–water partition coefficient (Wildman–Crippen LogP) is 2.64. The Morgan fingerprint density at radius 2 is 1.48 bits per heavy atom. The van der Waals surface area contributed by atoms with E-state index in [0.29, 0.717) is 31.2 Å². The van der Waals surface area contributed by atoms with Crippen LogP contribution in [-0.2, 0) is 19.9 Å². The number of sulfone groups is 1. The van der Waals surface area contributed by atoms with E-state index in [4.69, 9.17) is 11.6 Å². The first-order chi connectivity index (χ1) is 12.7. The molecule has 3 rings (SSSR count). The summed E-state index contributed by atoms with van der Waals surface area (Å²) in [7, 11) is -7.01. The van der Waals surface area contributed by atoms with Crippen LogP contribution in [-0.4, -0.2) is 53.1 Å². The molecule has 0 aliphatic carbocycles. The molecule has 0 unspecified atom stereocenters. The molecule has 146 valence electrons. The van der Waals surface area contributed by atoms with Gasteiger partial charge in [0.25, 0.3) is 0 Å². The predicted molar refractivity (Wildman–Crippen MR) is 107 cm³/mol. The highest BCUT2D eigenvalue weighted by Crippen LogP contribution is 2.24. The van der Waals surface area contributed by atoms with Crippen molar-refractivity contribution in [3.8, 4) is 0 Å². The Labute approximate surface area is 165 Å². The molecule has 1 heterocycles. The topological polar surface area (TPSA) is 74.8 Å². The molecule has 2 aromatic rings. The molecule has 1 aliphatic rings. The first kappa shape index (κ1) is 20.1. The van der Waals surface area contributed by atoms with E-state index < -0.39 is 19.9 Å². The first-order valence-electron chi connectivity index (χ1n) is 8.57. The maximum atomic E-state index is 12.9. The third kappa shape index (κ3) is 4.29. The van der Waals surface area contributed by atoms with Gasteiger partial charge in [-0.15, -0.1) is 0 Å². The van der Waals surface area contributed by atoms with Crippen LogP contribution in [0.4, 0.5) is 5.69 Å². The molecule has 0 N–H and O–H groups in total. The van der Waals surface area contributed by atoms with Gasteiger partial charge in [0.15, 0.2) is 9.84 Å². The molecule has 0 spiro atoms. The standard InChI is InChI=1S/C18H21ClN2O4S2/c1-2-26(22,23)17-6-8-18(9-7-17)27(24,25)21-12-10-20(11-13-21)16-5-3-4-15(19)14-16/h3-9,14H,2,10-13H2,1H3. The average Bonchev–Trinajstić information content (AvgIpc) is 2.68. The van der Waals surface area contributed by atoms with Crippen LogP contribution in [0.15, 0.2) is 58.3 Å². The van der Waals surface area contributed by atoms with E-state index in [9.17, 15) is 16.8 Å². The molecular weight excluding hydrogens is 408 g/mol. The number of rotatable bonds is 5. The summed E-state index contributed by atoms with van der Waals surface area (Å²) in [6.45, 7) is 3.37. The Balaban J connectivity index is 1.73. The molecule has 0 bridgehead atoms. The third-order valence-electron chi connectivity index (χ3n) is 4.61. The van der Waals surface area contributed by atoms with Crippen molar-refractivity contribution in [2.45, 2.75) is 16.7 Å². The zero-order valence-corrected chi connectivity index (χ0v) is 17.3. The van der Waals surface area contributed by atoms with E-state index in [0.717, 1.165) is 5.69 Å². The fourth-order valence-electron chi connectivity index (χ4n) is 2.99. The second-order valence-electron chi connectivity index (χ2n) is 6.25. The lowest BCUT2D eigenvalue weighted by Crippen LogP contribution is -2.48. The highest BCUT2D eigenvalue weighted by molar-refractivity contribution is 7.91. The number of benzene rings is 2. The van der Waals surface area contributed by atoms with E-state index in [1.807, 2.05) is 18.2 Å². The monoisotopic (exact) mass is 428 g/mol. The number of hydrogen-bond acceptors (Lipinski definition) is 5. The molecule has 27 heavy (non-hydrogen) atoms. The van der Waals surface area contributed by atoms with Gasteiger partial charge in [0.05, 0.1) is 15.5 Å². The third-order valence-corrected chi connectivity index (χ3v) is 8.51. The summed E-state index contributed by atoms with van der Waals surface area (Å²) in [5.74, 6) is -0.0233. The van der Waals surface area contributed by atoms with Crippen LogP contribution in [0.5, 0.6) is 0 Å². The smallest absolute Gasteiger partial charge is 0.243 e. The van der Waals surface area contributed by atoms with Gasteiger partial charge in [0, 0.05) is 36.9 Å². The highest BCUT2D eigenvalue weighted by atomic mass is 35.5. The number of halogens is 1. The lowest BCUT2D eigenvalue weighted by molar-refractivity contribution is 0.385. The second-order valence-corrected chi connectivity index (χ2v) is 10.9. The summed E-state index contributed by atoms with van der Waals surface area (Å²) < 4.78 is 50.9. The molecule has 2 aromatic carbocycles. The molecule has 0 saturated carbocycles. The second kappa shape index (κ2) is 7.79. The van der Waals surface area contributed by atoms with E-state index in [2.05, 4.69) is 4.90 Å². The quantitative estimate of drug-likeness (QED) is 0.731. The maximum Gasteiger partial charge on any atom is 0.243 e. The number of piperazine rings is 1. The van der Waals surface area contributed by atoms with Crippen molar-refractivity contribution in [1.29, 1.82) is 0 Å². The molecule has 1 saturated heterocycles. The molecule has 0 amide bonds. The average molecular weight is 429 g/mol. The zero-order valence-electron chi connectivity index (χ0n) is 14.9. The molecule has 0 atom stereocenters. The Bertz CT molecular complexity index is 1010. The van der Waals surface area contributed by atoms with Gasteiger partial charge in [-0.2, -0.15) is 4.31 Å². The summed E-state index contributed by atoms with van der Waals surface area (Å²) in [4.78, 5) is 2.33. The van der Waals surface area contributed by atoms with Crippen molar-refractivity contribution in [1.82, 2.24) is 4.31 Å². The van der Waals surface area contributed by atoms with Crippen LogP contribution in [0.3, 0.4) is 0 Å². The van der Waals surface area contributed by atoms with Crippen molar-refractivity contribution in [2.24, 2.45) is 0 Å². The summed E-state index contributed by atoms with van der Waals surface area (Å²) in [6.07, 6.45) is 0. The minimum absolute atomic E-state index is 0.0233. The van der Waals surface area contributed by atoms with Crippen LogP contribution in [0, 0.1) is 0 Å². The van der Waals surface area contributed by atoms with Crippen molar-refractivity contribution in [3.63, 3.8) is 0 Å². The zero-order chi connectivity index (χ0) is 19.7. The lowest BCUT2D eigenvalue weighted by atomic mass is 10.2. The van der Waals surface area contributed by atoms with Gasteiger partial charge in [0.1, 0.15) is 0 Å². The van der Waals surface area contributed by atoms with Crippen LogP contribution in [0.1, 0.15) is 6.92 Å². The number of nitrogens with zero attached hydrogens (tertiary/aromatic N) is 2. The normalized spacial score (nSPS) is 16.4. The summed E-state index contributed by atoms with van der Waals surface area (Å²) in [5.41, 5.74) is 0.966. The van der Waals surface area contributed by atoms with Crippen LogP contribution in [0.2, 0.25) is 5.02 Å². The summed E-state index contributed by atoms with van der Waals surface area (Å²) in [6, 6.07) is 12.9. The number of sulfonamides is 1. The molecule has 9 heteroatoms. The molecular formula is C18H21ClN2O4S2. The van der Waals surface area contributed by atoms with Gasteiger partial charge < -0.3 is 4.90 Å². The molecule has 0 radical (unpaired) electrons. The largest absolute Gasteiger partial charge is 0.369 e. The molecule has 0 aromatic heterocycles. The Hall–Kier alpha value is -1.61. The Morgan fingerprint density at radius 1 is 0.889 bits per heavy atom. The van der Waals surface area contributed by atoms with Gasteiger partial charge in [-0.3, -0.25) is 0 Å². The highest BCUT2D eigenvalue weighted by Gasteiger charge is 2.29. The van der Waals surface area contributed by atoms with Crippen LogP contribution in [0.25, 0.3) is 0 Å². The lowest BCUT2D eigenvalue weighted by Gasteiger charge is -2.35. The van der Waals surface area contributed by atoms with Gasteiger partial charge in [-0.1, -0.05) is 24.6 Å². The summed E-state index contributed by atoms with van der Waals surface area (Å²) >= 11 is 6.02. The minimum Gasteiger partial charge on any atom is -0.369 e. The van der Waals surface area contributed by atoms with Crippen molar-refractivity contribution < 1.29 is 16.8 Å². The van der Waals surface area contributed by atoms with Crippen molar-refractivity contribution >= 4 is 37.1 Å². The minimum atomic E-state index is -3.66. The van der Waals surface area contributed by atoms with Gasteiger partial charge >= 0.3 is 0 Å². The Morgan fingerprint density at radius 3 is 2.04 bits per heavy atom. The first-order valence-corrected chi connectivity index (χ1v) is 12.0. The van der Waals surface area contributed by atoms with E-state index >= 15 is 0 Å². The van der Waals surface area contributed by atoms with E-state index in [1.54, 1.807) is 13.0 Å². The fraction of sp³-hybridized carbons (Fsp3) is 0.333. The fourth-order valence-corrected chi connectivity index (χ4v) is 5.48. The van der Waals surface area contributed by atoms with Gasteiger partial charge in [-0.05, 0) is 42.5 Å². The Kier molecular flexibility index (Phi) is 5.81. The molecule has 6 nitrogen and oxygen atoms in total. The molecule has 1 fully saturated rings. The number of anilines is 1. The molecule has 1 aliphatic heterocycles. The van der Waals surface area contributed by atoms with Gasteiger partial charge in [-0.25, -0.2) is 16.8 Å². The van der Waals surface area contributed by atoms with Crippen molar-refractivity contribution in [3.05, 3.63) is 53.6 Å². The van der Waals surface area contributed by atoms with E-state index in [-0.39, 0.29) is 15.5 Å².